The number of ether oxygens (including phenoxy) is 1. The molecule has 18 heavy (non-hydrogen) atoms. The molecule has 1 heterocycles. The molecule has 0 aliphatic carbocycles. The van der Waals surface area contributed by atoms with E-state index in [1.165, 1.54) is 12.1 Å². The Labute approximate surface area is 107 Å². The van der Waals surface area contributed by atoms with Crippen molar-refractivity contribution in [3.63, 3.8) is 0 Å². The van der Waals surface area contributed by atoms with Crippen LogP contribution in [0.1, 0.15) is 23.7 Å². The molecule has 98 valence electrons. The van der Waals surface area contributed by atoms with Crippen LogP contribution in [0.25, 0.3) is 0 Å². The fraction of sp³-hybridized carbons (Fsp3) is 0.500. The second-order valence-electron chi connectivity index (χ2n) is 4.50. The molecule has 0 saturated carbocycles. The quantitative estimate of drug-likeness (QED) is 0.768. The molecule has 1 atom stereocenters. The van der Waals surface area contributed by atoms with Gasteiger partial charge in [-0.15, -0.1) is 0 Å². The Balaban J connectivity index is 2.07. The highest BCUT2D eigenvalue weighted by atomic mass is 19.1. The standard InChI is InChI=1S/C14H18FNO2/c1-2-7-16-8-9-18-13(10-16)14(17)11-5-3-4-6-12(11)15/h3-6,13H,2,7-10H2,1H3. The highest BCUT2D eigenvalue weighted by Crippen LogP contribution is 2.14. The van der Waals surface area contributed by atoms with Gasteiger partial charge in [-0.3, -0.25) is 9.69 Å². The molecule has 1 fully saturated rings. The molecule has 0 spiro atoms. The number of carbonyl (C=O) groups excluding carboxylic acids is 1. The lowest BCUT2D eigenvalue weighted by atomic mass is 10.0. The van der Waals surface area contributed by atoms with Crippen LogP contribution in [-0.4, -0.2) is 43.0 Å². The predicted octanol–water partition coefficient (Wildman–Crippen LogP) is 2.12. The zero-order valence-electron chi connectivity index (χ0n) is 10.6. The van der Waals surface area contributed by atoms with Crippen LogP contribution in [0, 0.1) is 5.82 Å². The summed E-state index contributed by atoms with van der Waals surface area (Å²) in [5, 5.41) is 0. The zero-order valence-corrected chi connectivity index (χ0v) is 10.6. The van der Waals surface area contributed by atoms with Crippen LogP contribution >= 0.6 is 0 Å². The van der Waals surface area contributed by atoms with Crippen molar-refractivity contribution in [3.8, 4) is 0 Å². The lowest BCUT2D eigenvalue weighted by Crippen LogP contribution is -2.46. The Morgan fingerprint density at radius 2 is 2.28 bits per heavy atom. The number of carbonyl (C=O) groups is 1. The number of morpholine rings is 1. The van der Waals surface area contributed by atoms with Crippen LogP contribution in [0.2, 0.25) is 0 Å². The van der Waals surface area contributed by atoms with E-state index in [0.717, 1.165) is 19.5 Å². The lowest BCUT2D eigenvalue weighted by molar-refractivity contribution is -0.0165. The molecule has 3 nitrogen and oxygen atoms in total. The third-order valence-corrected chi connectivity index (χ3v) is 3.12. The summed E-state index contributed by atoms with van der Waals surface area (Å²) in [6, 6.07) is 6.07. The Morgan fingerprint density at radius 1 is 1.50 bits per heavy atom. The molecule has 0 radical (unpaired) electrons. The van der Waals surface area contributed by atoms with E-state index in [0.29, 0.717) is 13.2 Å². The van der Waals surface area contributed by atoms with E-state index < -0.39 is 11.9 Å². The minimum atomic E-state index is -0.540. The van der Waals surface area contributed by atoms with Gasteiger partial charge in [0.05, 0.1) is 12.2 Å². The van der Waals surface area contributed by atoms with Gasteiger partial charge in [0, 0.05) is 13.1 Å². The summed E-state index contributed by atoms with van der Waals surface area (Å²) in [5.41, 5.74) is 0.126. The largest absolute Gasteiger partial charge is 0.367 e. The Bertz CT molecular complexity index is 420. The summed E-state index contributed by atoms with van der Waals surface area (Å²) in [5.74, 6) is -0.729. The number of hydrogen-bond donors (Lipinski definition) is 0. The number of rotatable bonds is 4. The number of hydrogen-bond acceptors (Lipinski definition) is 3. The van der Waals surface area contributed by atoms with Crippen molar-refractivity contribution < 1.29 is 13.9 Å². The molecule has 0 aromatic heterocycles. The van der Waals surface area contributed by atoms with Crippen molar-refractivity contribution in [3.05, 3.63) is 35.6 Å². The van der Waals surface area contributed by atoms with Gasteiger partial charge in [0.25, 0.3) is 0 Å². The average molecular weight is 251 g/mol. The Kier molecular flexibility index (Phi) is 4.44. The van der Waals surface area contributed by atoms with Gasteiger partial charge >= 0.3 is 0 Å². The molecule has 0 bridgehead atoms. The van der Waals surface area contributed by atoms with Gasteiger partial charge < -0.3 is 4.74 Å². The summed E-state index contributed by atoms with van der Waals surface area (Å²) >= 11 is 0. The summed E-state index contributed by atoms with van der Waals surface area (Å²) in [4.78, 5) is 14.4. The maximum absolute atomic E-state index is 13.6. The number of nitrogens with zero attached hydrogens (tertiary/aromatic N) is 1. The predicted molar refractivity (Wildman–Crippen MR) is 67.2 cm³/mol. The van der Waals surface area contributed by atoms with E-state index in [2.05, 4.69) is 11.8 Å². The number of ketones is 1. The smallest absolute Gasteiger partial charge is 0.195 e. The third kappa shape index (κ3) is 2.94. The van der Waals surface area contributed by atoms with Crippen molar-refractivity contribution in [1.82, 2.24) is 4.90 Å². The van der Waals surface area contributed by atoms with Crippen molar-refractivity contribution in [2.45, 2.75) is 19.4 Å². The molecule has 1 aliphatic heterocycles. The SMILES string of the molecule is CCCN1CCOC(C(=O)c2ccccc2F)C1. The minimum Gasteiger partial charge on any atom is -0.367 e. The maximum atomic E-state index is 13.6. The molecule has 4 heteroatoms. The highest BCUT2D eigenvalue weighted by Gasteiger charge is 2.28. The second kappa shape index (κ2) is 6.07. The van der Waals surface area contributed by atoms with Gasteiger partial charge in [-0.05, 0) is 25.1 Å². The van der Waals surface area contributed by atoms with Crippen LogP contribution in [0.4, 0.5) is 4.39 Å². The number of benzene rings is 1. The molecule has 1 unspecified atom stereocenters. The first kappa shape index (κ1) is 13.2. The van der Waals surface area contributed by atoms with Crippen molar-refractivity contribution in [2.24, 2.45) is 0 Å². The summed E-state index contributed by atoms with van der Waals surface area (Å²) in [6.07, 6.45) is 0.503. The Morgan fingerprint density at radius 3 is 3.00 bits per heavy atom. The number of halogens is 1. The zero-order chi connectivity index (χ0) is 13.0. The van der Waals surface area contributed by atoms with Gasteiger partial charge in [-0.2, -0.15) is 0 Å². The maximum Gasteiger partial charge on any atom is 0.195 e. The molecular formula is C14H18FNO2. The van der Waals surface area contributed by atoms with E-state index >= 15 is 0 Å². The average Bonchev–Trinajstić information content (AvgIpc) is 2.39. The number of Topliss-reactive ketones (excluding diaryl/α,β-unsaturated/α-hetero) is 1. The van der Waals surface area contributed by atoms with Gasteiger partial charge in [-0.1, -0.05) is 19.1 Å². The van der Waals surface area contributed by atoms with E-state index in [-0.39, 0.29) is 11.3 Å². The second-order valence-corrected chi connectivity index (χ2v) is 4.50. The van der Waals surface area contributed by atoms with E-state index in [9.17, 15) is 9.18 Å². The normalized spacial score (nSPS) is 20.9. The van der Waals surface area contributed by atoms with Crippen molar-refractivity contribution in [2.75, 3.05) is 26.2 Å². The first-order valence-corrected chi connectivity index (χ1v) is 6.35. The molecule has 1 aliphatic rings. The van der Waals surface area contributed by atoms with Crippen LogP contribution in [-0.2, 0) is 4.74 Å². The minimum absolute atomic E-state index is 0.126. The van der Waals surface area contributed by atoms with E-state index in [4.69, 9.17) is 4.74 Å². The molecule has 1 aromatic carbocycles. The summed E-state index contributed by atoms with van der Waals surface area (Å²) < 4.78 is 19.0. The summed E-state index contributed by atoms with van der Waals surface area (Å²) in [7, 11) is 0. The molecule has 1 aromatic rings. The van der Waals surface area contributed by atoms with E-state index in [1.54, 1.807) is 12.1 Å². The molecule has 0 amide bonds. The van der Waals surface area contributed by atoms with Crippen molar-refractivity contribution >= 4 is 5.78 Å². The molecule has 1 saturated heterocycles. The van der Waals surface area contributed by atoms with Crippen LogP contribution in [0.3, 0.4) is 0 Å². The van der Waals surface area contributed by atoms with E-state index in [1.807, 2.05) is 0 Å². The highest BCUT2D eigenvalue weighted by molar-refractivity contribution is 5.99. The van der Waals surface area contributed by atoms with Gasteiger partial charge in [0.2, 0.25) is 0 Å². The molecule has 2 rings (SSSR count). The third-order valence-electron chi connectivity index (χ3n) is 3.12. The van der Waals surface area contributed by atoms with Gasteiger partial charge in [0.1, 0.15) is 11.9 Å². The first-order chi connectivity index (χ1) is 8.72. The Hall–Kier alpha value is -1.26. The van der Waals surface area contributed by atoms with Gasteiger partial charge in [0.15, 0.2) is 5.78 Å². The lowest BCUT2D eigenvalue weighted by Gasteiger charge is -2.31. The van der Waals surface area contributed by atoms with Crippen LogP contribution in [0.15, 0.2) is 24.3 Å². The summed E-state index contributed by atoms with van der Waals surface area (Å²) in [6.45, 7) is 4.98. The first-order valence-electron chi connectivity index (χ1n) is 6.35. The monoisotopic (exact) mass is 251 g/mol. The molecule has 0 N–H and O–H groups in total. The molecular weight excluding hydrogens is 233 g/mol. The van der Waals surface area contributed by atoms with Crippen LogP contribution < -0.4 is 0 Å². The fourth-order valence-electron chi connectivity index (χ4n) is 2.21. The topological polar surface area (TPSA) is 29.5 Å². The van der Waals surface area contributed by atoms with Crippen molar-refractivity contribution in [1.29, 1.82) is 0 Å². The fourth-order valence-corrected chi connectivity index (χ4v) is 2.21. The van der Waals surface area contributed by atoms with Gasteiger partial charge in [-0.25, -0.2) is 4.39 Å². The van der Waals surface area contributed by atoms with Crippen LogP contribution in [0.5, 0.6) is 0 Å².